The number of aliphatic carboxylic acids is 1. The van der Waals surface area contributed by atoms with E-state index in [4.69, 9.17) is 5.11 Å². The van der Waals surface area contributed by atoms with Crippen molar-refractivity contribution in [2.75, 3.05) is 6.54 Å². The van der Waals surface area contributed by atoms with E-state index >= 15 is 0 Å². The Morgan fingerprint density at radius 1 is 1.11 bits per heavy atom. The minimum Gasteiger partial charge on any atom is -0.481 e. The van der Waals surface area contributed by atoms with Crippen molar-refractivity contribution < 1.29 is 14.7 Å². The molecule has 0 saturated heterocycles. The van der Waals surface area contributed by atoms with Crippen LogP contribution in [0.1, 0.15) is 53.9 Å². The Labute approximate surface area is 116 Å². The van der Waals surface area contributed by atoms with Crippen LogP contribution in [0.5, 0.6) is 0 Å². The second-order valence-electron chi connectivity index (χ2n) is 5.36. The zero-order valence-corrected chi connectivity index (χ0v) is 12.7. The second-order valence-corrected chi connectivity index (χ2v) is 5.36. The van der Waals surface area contributed by atoms with Crippen LogP contribution in [0.15, 0.2) is 0 Å². The molecule has 19 heavy (non-hydrogen) atoms. The molecule has 0 aromatic heterocycles. The highest BCUT2D eigenvalue weighted by atomic mass is 16.4. The van der Waals surface area contributed by atoms with E-state index in [1.165, 1.54) is 0 Å². The highest BCUT2D eigenvalue weighted by molar-refractivity contribution is 5.76. The van der Waals surface area contributed by atoms with E-state index in [0.717, 1.165) is 19.3 Å². The van der Waals surface area contributed by atoms with Gasteiger partial charge in [0.2, 0.25) is 0 Å². The summed E-state index contributed by atoms with van der Waals surface area (Å²) < 4.78 is 0. The fourth-order valence-corrected chi connectivity index (χ4v) is 2.11. The Morgan fingerprint density at radius 3 is 1.89 bits per heavy atom. The van der Waals surface area contributed by atoms with Gasteiger partial charge in [-0.05, 0) is 25.2 Å². The number of rotatable bonds is 8. The minimum atomic E-state index is -0.872. The molecular formula is C14H28N2O3. The van der Waals surface area contributed by atoms with E-state index in [0.29, 0.717) is 0 Å². The Balaban J connectivity index is 4.42. The lowest BCUT2D eigenvalue weighted by molar-refractivity contribution is -0.142. The lowest BCUT2D eigenvalue weighted by Crippen LogP contribution is -2.52. The van der Waals surface area contributed by atoms with Crippen LogP contribution < -0.4 is 10.6 Å². The quantitative estimate of drug-likeness (QED) is 0.635. The molecule has 0 radical (unpaired) electrons. The van der Waals surface area contributed by atoms with Crippen LogP contribution in [0.4, 0.5) is 4.79 Å². The molecule has 5 heteroatoms. The summed E-state index contributed by atoms with van der Waals surface area (Å²) in [7, 11) is 0. The first-order valence-corrected chi connectivity index (χ1v) is 7.10. The van der Waals surface area contributed by atoms with Crippen LogP contribution >= 0.6 is 0 Å². The number of carboxylic acid groups (broad SMARTS) is 1. The molecule has 1 atom stereocenters. The number of hydrogen-bond donors (Lipinski definition) is 3. The molecule has 0 aliphatic rings. The summed E-state index contributed by atoms with van der Waals surface area (Å²) in [6, 6.07) is -0.280. The molecule has 0 aliphatic heterocycles. The SMILES string of the molecule is CCC(CC)(CC)NC(=O)NCC(C(=O)O)C(C)C. The van der Waals surface area contributed by atoms with Gasteiger partial charge >= 0.3 is 12.0 Å². The predicted octanol–water partition coefficient (Wildman–Crippen LogP) is 2.61. The number of carbonyl (C=O) groups excluding carboxylic acids is 1. The van der Waals surface area contributed by atoms with Crippen molar-refractivity contribution in [1.82, 2.24) is 10.6 Å². The van der Waals surface area contributed by atoms with Crippen LogP contribution in [0, 0.1) is 11.8 Å². The molecule has 0 saturated carbocycles. The maximum Gasteiger partial charge on any atom is 0.315 e. The molecule has 0 spiro atoms. The van der Waals surface area contributed by atoms with Crippen LogP contribution in [0.25, 0.3) is 0 Å². The number of carboxylic acids is 1. The predicted molar refractivity (Wildman–Crippen MR) is 76.1 cm³/mol. The van der Waals surface area contributed by atoms with Crippen LogP contribution in [-0.4, -0.2) is 29.2 Å². The molecule has 0 bridgehead atoms. The zero-order valence-electron chi connectivity index (χ0n) is 12.7. The van der Waals surface area contributed by atoms with Crippen molar-refractivity contribution in [3.05, 3.63) is 0 Å². The zero-order chi connectivity index (χ0) is 15.1. The lowest BCUT2D eigenvalue weighted by atomic mass is 9.90. The minimum absolute atomic E-state index is 0.00826. The third-order valence-electron chi connectivity index (χ3n) is 4.01. The van der Waals surface area contributed by atoms with Gasteiger partial charge in [0.15, 0.2) is 0 Å². The molecule has 0 rings (SSSR count). The molecule has 5 nitrogen and oxygen atoms in total. The van der Waals surface area contributed by atoms with Gasteiger partial charge in [-0.1, -0.05) is 34.6 Å². The van der Waals surface area contributed by atoms with Gasteiger partial charge in [-0.3, -0.25) is 4.79 Å². The van der Waals surface area contributed by atoms with Crippen molar-refractivity contribution in [3.63, 3.8) is 0 Å². The highest BCUT2D eigenvalue weighted by Gasteiger charge is 2.27. The van der Waals surface area contributed by atoms with Crippen LogP contribution in [-0.2, 0) is 4.79 Å². The summed E-state index contributed by atoms with van der Waals surface area (Å²) in [6.45, 7) is 9.97. The second kappa shape index (κ2) is 8.02. The van der Waals surface area contributed by atoms with Gasteiger partial charge in [-0.25, -0.2) is 4.79 Å². The normalized spacial score (nSPS) is 13.2. The van der Waals surface area contributed by atoms with Gasteiger partial charge in [-0.15, -0.1) is 0 Å². The lowest BCUT2D eigenvalue weighted by Gasteiger charge is -2.32. The van der Waals surface area contributed by atoms with Gasteiger partial charge in [0, 0.05) is 12.1 Å². The molecule has 1 unspecified atom stereocenters. The molecule has 3 N–H and O–H groups in total. The number of amides is 2. The van der Waals surface area contributed by atoms with Crippen molar-refractivity contribution >= 4 is 12.0 Å². The Hall–Kier alpha value is -1.26. The number of carbonyl (C=O) groups is 2. The van der Waals surface area contributed by atoms with Gasteiger partial charge < -0.3 is 15.7 Å². The Kier molecular flexibility index (Phi) is 7.49. The van der Waals surface area contributed by atoms with Gasteiger partial charge in [0.25, 0.3) is 0 Å². The first kappa shape index (κ1) is 17.7. The summed E-state index contributed by atoms with van der Waals surface area (Å²) in [5.74, 6) is -1.43. The van der Waals surface area contributed by atoms with Crippen molar-refractivity contribution in [2.24, 2.45) is 11.8 Å². The van der Waals surface area contributed by atoms with Gasteiger partial charge in [-0.2, -0.15) is 0 Å². The maximum atomic E-state index is 11.9. The standard InChI is InChI=1S/C14H28N2O3/c1-6-14(7-2,8-3)16-13(19)15-9-11(10(4)5)12(17)18/h10-11H,6-9H2,1-5H3,(H,17,18)(H2,15,16,19). The van der Waals surface area contributed by atoms with Crippen molar-refractivity contribution in [2.45, 2.75) is 59.4 Å². The Morgan fingerprint density at radius 2 is 1.58 bits per heavy atom. The summed E-state index contributed by atoms with van der Waals surface area (Å²) in [6.07, 6.45) is 2.58. The number of urea groups is 1. The summed E-state index contributed by atoms with van der Waals surface area (Å²) in [4.78, 5) is 22.9. The fourth-order valence-electron chi connectivity index (χ4n) is 2.11. The molecule has 2 amide bonds. The topological polar surface area (TPSA) is 78.4 Å². The highest BCUT2D eigenvalue weighted by Crippen LogP contribution is 2.19. The van der Waals surface area contributed by atoms with E-state index in [1.807, 2.05) is 34.6 Å². The molecule has 0 heterocycles. The van der Waals surface area contributed by atoms with Crippen molar-refractivity contribution in [1.29, 1.82) is 0 Å². The average Bonchev–Trinajstić information content (AvgIpc) is 2.35. The third-order valence-corrected chi connectivity index (χ3v) is 4.01. The van der Waals surface area contributed by atoms with E-state index in [2.05, 4.69) is 10.6 Å². The average molecular weight is 272 g/mol. The third kappa shape index (κ3) is 5.49. The molecule has 0 aromatic rings. The molecule has 0 fully saturated rings. The van der Waals surface area contributed by atoms with E-state index in [1.54, 1.807) is 0 Å². The van der Waals surface area contributed by atoms with Gasteiger partial charge in [0.1, 0.15) is 0 Å². The van der Waals surface area contributed by atoms with Crippen LogP contribution in [0.2, 0.25) is 0 Å². The summed E-state index contributed by atoms with van der Waals surface area (Å²) in [5, 5.41) is 14.7. The van der Waals surface area contributed by atoms with Crippen LogP contribution in [0.3, 0.4) is 0 Å². The van der Waals surface area contributed by atoms with Crippen molar-refractivity contribution in [3.8, 4) is 0 Å². The smallest absolute Gasteiger partial charge is 0.315 e. The summed E-state index contributed by atoms with van der Waals surface area (Å²) >= 11 is 0. The summed E-state index contributed by atoms with van der Waals surface area (Å²) in [5.41, 5.74) is -0.194. The molecule has 112 valence electrons. The monoisotopic (exact) mass is 272 g/mol. The number of hydrogen-bond acceptors (Lipinski definition) is 2. The first-order valence-electron chi connectivity index (χ1n) is 7.10. The fraction of sp³-hybridized carbons (Fsp3) is 0.857. The van der Waals surface area contributed by atoms with E-state index in [9.17, 15) is 9.59 Å². The largest absolute Gasteiger partial charge is 0.481 e. The molecular weight excluding hydrogens is 244 g/mol. The van der Waals surface area contributed by atoms with E-state index < -0.39 is 11.9 Å². The molecule has 0 aromatic carbocycles. The molecule has 0 aliphatic carbocycles. The first-order chi connectivity index (χ1) is 8.81. The van der Waals surface area contributed by atoms with E-state index in [-0.39, 0.29) is 24.0 Å². The van der Waals surface area contributed by atoms with Gasteiger partial charge in [0.05, 0.1) is 5.92 Å². The Bertz CT molecular complexity index is 291. The number of nitrogens with one attached hydrogen (secondary N) is 2. The maximum absolute atomic E-state index is 11.9.